The fourth-order valence-electron chi connectivity index (χ4n) is 1.27. The van der Waals surface area contributed by atoms with Gasteiger partial charge in [0, 0.05) is 6.42 Å². The number of Topliss-reactive ketones (excluding diaryl/α,β-unsaturated/α-hetero) is 1. The molecule has 15 heavy (non-hydrogen) atoms. The van der Waals surface area contributed by atoms with E-state index < -0.39 is 0 Å². The van der Waals surface area contributed by atoms with Gasteiger partial charge in [-0.25, -0.2) is 0 Å². The van der Waals surface area contributed by atoms with Gasteiger partial charge >= 0.3 is 0 Å². The van der Waals surface area contributed by atoms with Gasteiger partial charge in [-0.15, -0.1) is 0 Å². The molecule has 1 rings (SSSR count). The van der Waals surface area contributed by atoms with Crippen molar-refractivity contribution in [3.05, 3.63) is 23.7 Å². The van der Waals surface area contributed by atoms with Gasteiger partial charge in [-0.2, -0.15) is 0 Å². The van der Waals surface area contributed by atoms with Crippen LogP contribution in [0.1, 0.15) is 50.4 Å². The Hall–Kier alpha value is -1.05. The van der Waals surface area contributed by atoms with Crippen LogP contribution >= 0.6 is 0 Å². The maximum absolute atomic E-state index is 11.8. The summed E-state index contributed by atoms with van der Waals surface area (Å²) in [5, 5.41) is 0. The number of rotatable bonds is 3. The molecule has 0 aromatic carbocycles. The summed E-state index contributed by atoms with van der Waals surface area (Å²) >= 11 is 0. The summed E-state index contributed by atoms with van der Waals surface area (Å²) in [6.45, 7) is 10.4. The summed E-state index contributed by atoms with van der Waals surface area (Å²) in [5.41, 5.74) is 0.164. The Morgan fingerprint density at radius 3 is 2.40 bits per heavy atom. The monoisotopic (exact) mass is 208 g/mol. The quantitative estimate of drug-likeness (QED) is 0.706. The van der Waals surface area contributed by atoms with E-state index in [1.54, 1.807) is 6.07 Å². The Morgan fingerprint density at radius 2 is 2.00 bits per heavy atom. The molecule has 2 heteroatoms. The minimum atomic E-state index is 0.102. The zero-order chi connectivity index (χ0) is 11.6. The van der Waals surface area contributed by atoms with Crippen molar-refractivity contribution in [3.8, 4) is 0 Å². The number of furan rings is 1. The van der Waals surface area contributed by atoms with E-state index in [9.17, 15) is 4.79 Å². The number of carbonyl (C=O) groups is 1. The maximum atomic E-state index is 11.8. The van der Waals surface area contributed by atoms with Crippen LogP contribution < -0.4 is 0 Å². The van der Waals surface area contributed by atoms with E-state index in [0.29, 0.717) is 18.1 Å². The zero-order valence-corrected chi connectivity index (χ0v) is 10.3. The van der Waals surface area contributed by atoms with Gasteiger partial charge in [0.05, 0.1) is 0 Å². The van der Waals surface area contributed by atoms with Crippen molar-refractivity contribution >= 4 is 5.78 Å². The average molecular weight is 208 g/mol. The first kappa shape index (κ1) is 12.0. The Bertz CT molecular complexity index is 342. The van der Waals surface area contributed by atoms with Crippen LogP contribution in [-0.2, 0) is 0 Å². The lowest BCUT2D eigenvalue weighted by Gasteiger charge is -2.26. The molecule has 0 radical (unpaired) electrons. The molecule has 1 atom stereocenters. The minimum absolute atomic E-state index is 0.102. The molecule has 0 saturated carbocycles. The number of aryl methyl sites for hydroxylation is 1. The third-order valence-electron chi connectivity index (χ3n) is 2.99. The molecule has 1 heterocycles. The summed E-state index contributed by atoms with van der Waals surface area (Å²) in [7, 11) is 0. The fraction of sp³-hybridized carbons (Fsp3) is 0.615. The molecule has 0 aliphatic heterocycles. The molecule has 0 spiro atoms. The molecule has 0 fully saturated rings. The van der Waals surface area contributed by atoms with Crippen molar-refractivity contribution in [2.24, 2.45) is 11.3 Å². The molecule has 0 N–H and O–H groups in total. The topological polar surface area (TPSA) is 30.2 Å². The molecule has 0 saturated heterocycles. The molecule has 0 amide bonds. The first-order valence-corrected chi connectivity index (χ1v) is 5.40. The van der Waals surface area contributed by atoms with Crippen LogP contribution in [0.4, 0.5) is 0 Å². The standard InChI is InChI=1S/C13H20O2/c1-9(13(3,4)5)8-11(14)12-7-6-10(2)15-12/h6-7,9H,8H2,1-5H3. The normalized spacial score (nSPS) is 13.9. The summed E-state index contributed by atoms with van der Waals surface area (Å²) in [6, 6.07) is 3.59. The molecule has 1 aromatic heterocycles. The Kier molecular flexibility index (Phi) is 3.38. The fourth-order valence-corrected chi connectivity index (χ4v) is 1.27. The smallest absolute Gasteiger partial charge is 0.198 e. The van der Waals surface area contributed by atoms with E-state index >= 15 is 0 Å². The SMILES string of the molecule is Cc1ccc(C(=O)CC(C)C(C)(C)C)o1. The Labute approximate surface area is 91.7 Å². The molecule has 84 valence electrons. The van der Waals surface area contributed by atoms with Crippen LogP contribution in [0, 0.1) is 18.3 Å². The van der Waals surface area contributed by atoms with Crippen LogP contribution in [0.5, 0.6) is 0 Å². The van der Waals surface area contributed by atoms with E-state index in [1.165, 1.54) is 0 Å². The van der Waals surface area contributed by atoms with Gasteiger partial charge < -0.3 is 4.42 Å². The molecule has 0 aliphatic rings. The van der Waals surface area contributed by atoms with Gasteiger partial charge in [-0.05, 0) is 30.4 Å². The van der Waals surface area contributed by atoms with E-state index in [4.69, 9.17) is 4.42 Å². The number of hydrogen-bond acceptors (Lipinski definition) is 2. The molecule has 1 unspecified atom stereocenters. The molecular weight excluding hydrogens is 188 g/mol. The third kappa shape index (κ3) is 3.22. The van der Waals surface area contributed by atoms with Crippen LogP contribution in [-0.4, -0.2) is 5.78 Å². The van der Waals surface area contributed by atoms with Crippen molar-refractivity contribution in [3.63, 3.8) is 0 Å². The number of ketones is 1. The van der Waals surface area contributed by atoms with Crippen LogP contribution in [0.2, 0.25) is 0 Å². The first-order valence-electron chi connectivity index (χ1n) is 5.40. The highest BCUT2D eigenvalue weighted by atomic mass is 16.3. The third-order valence-corrected chi connectivity index (χ3v) is 2.99. The number of carbonyl (C=O) groups excluding carboxylic acids is 1. The van der Waals surface area contributed by atoms with Gasteiger partial charge in [-0.3, -0.25) is 4.79 Å². The molecular formula is C13H20O2. The predicted molar refractivity (Wildman–Crippen MR) is 61.0 cm³/mol. The first-order chi connectivity index (χ1) is 6.80. The maximum Gasteiger partial charge on any atom is 0.198 e. The van der Waals surface area contributed by atoms with Crippen LogP contribution in [0.3, 0.4) is 0 Å². The zero-order valence-electron chi connectivity index (χ0n) is 10.3. The van der Waals surface area contributed by atoms with Crippen molar-refractivity contribution in [2.75, 3.05) is 0 Å². The summed E-state index contributed by atoms with van der Waals surface area (Å²) < 4.78 is 5.31. The lowest BCUT2D eigenvalue weighted by Crippen LogP contribution is -2.20. The second-order valence-corrected chi connectivity index (χ2v) is 5.30. The Balaban J connectivity index is 2.64. The summed E-state index contributed by atoms with van der Waals surface area (Å²) in [5.74, 6) is 1.74. The number of hydrogen-bond donors (Lipinski definition) is 0. The van der Waals surface area contributed by atoms with E-state index in [1.807, 2.05) is 13.0 Å². The van der Waals surface area contributed by atoms with Crippen molar-refractivity contribution in [1.82, 2.24) is 0 Å². The van der Waals surface area contributed by atoms with E-state index in [-0.39, 0.29) is 11.2 Å². The molecule has 0 bridgehead atoms. The largest absolute Gasteiger partial charge is 0.458 e. The minimum Gasteiger partial charge on any atom is -0.458 e. The van der Waals surface area contributed by atoms with Gasteiger partial charge in [0.15, 0.2) is 11.5 Å². The van der Waals surface area contributed by atoms with Gasteiger partial charge in [0.2, 0.25) is 0 Å². The highest BCUT2D eigenvalue weighted by Gasteiger charge is 2.24. The molecule has 0 aliphatic carbocycles. The van der Waals surface area contributed by atoms with Gasteiger partial charge in [0.1, 0.15) is 5.76 Å². The Morgan fingerprint density at radius 1 is 1.40 bits per heavy atom. The average Bonchev–Trinajstić information content (AvgIpc) is 2.50. The van der Waals surface area contributed by atoms with Crippen LogP contribution in [0.25, 0.3) is 0 Å². The summed E-state index contributed by atoms with van der Waals surface area (Å²) in [4.78, 5) is 11.8. The van der Waals surface area contributed by atoms with E-state index in [2.05, 4.69) is 27.7 Å². The van der Waals surface area contributed by atoms with Gasteiger partial charge in [0.25, 0.3) is 0 Å². The van der Waals surface area contributed by atoms with E-state index in [0.717, 1.165) is 5.76 Å². The molecule has 2 nitrogen and oxygen atoms in total. The molecule has 1 aromatic rings. The second-order valence-electron chi connectivity index (χ2n) is 5.30. The van der Waals surface area contributed by atoms with Crippen molar-refractivity contribution < 1.29 is 9.21 Å². The lowest BCUT2D eigenvalue weighted by atomic mass is 9.79. The predicted octanol–water partition coefficient (Wildman–Crippen LogP) is 3.84. The highest BCUT2D eigenvalue weighted by molar-refractivity contribution is 5.93. The second kappa shape index (κ2) is 4.21. The van der Waals surface area contributed by atoms with Crippen molar-refractivity contribution in [1.29, 1.82) is 0 Å². The van der Waals surface area contributed by atoms with Crippen molar-refractivity contribution in [2.45, 2.75) is 41.0 Å². The summed E-state index contributed by atoms with van der Waals surface area (Å²) in [6.07, 6.45) is 0.552. The van der Waals surface area contributed by atoms with Crippen LogP contribution in [0.15, 0.2) is 16.5 Å². The highest BCUT2D eigenvalue weighted by Crippen LogP contribution is 2.29. The van der Waals surface area contributed by atoms with Gasteiger partial charge in [-0.1, -0.05) is 27.7 Å². The lowest BCUT2D eigenvalue weighted by molar-refractivity contribution is 0.0898.